The molecule has 0 aromatic carbocycles. The van der Waals surface area contributed by atoms with Gasteiger partial charge >= 0.3 is 0 Å². The van der Waals surface area contributed by atoms with E-state index in [9.17, 15) is 0 Å². The lowest BCUT2D eigenvalue weighted by Gasteiger charge is -2.24. The van der Waals surface area contributed by atoms with E-state index in [2.05, 4.69) is 41.1 Å². The highest BCUT2D eigenvalue weighted by atomic mass is 15.3. The van der Waals surface area contributed by atoms with Crippen LogP contribution in [0.1, 0.15) is 51.8 Å². The first-order valence-corrected chi connectivity index (χ1v) is 6.78. The molecular formula is C13H23N5. The van der Waals surface area contributed by atoms with Crippen molar-refractivity contribution in [1.82, 2.24) is 9.97 Å². The number of hydrogen-bond donors (Lipinski definition) is 2. The van der Waals surface area contributed by atoms with E-state index in [4.69, 9.17) is 5.84 Å². The first kappa shape index (κ1) is 13.1. The summed E-state index contributed by atoms with van der Waals surface area (Å²) in [5.41, 5.74) is 2.64. The summed E-state index contributed by atoms with van der Waals surface area (Å²) >= 11 is 0. The number of nitrogen functional groups attached to an aromatic ring is 1. The zero-order chi connectivity index (χ0) is 13.1. The molecule has 1 saturated carbocycles. The molecule has 3 N–H and O–H groups in total. The van der Waals surface area contributed by atoms with Crippen LogP contribution in [0.3, 0.4) is 0 Å². The van der Waals surface area contributed by atoms with Gasteiger partial charge in [0.25, 0.3) is 0 Å². The summed E-state index contributed by atoms with van der Waals surface area (Å²) in [5.74, 6) is 8.35. The highest BCUT2D eigenvalue weighted by Crippen LogP contribution is 2.32. The van der Waals surface area contributed by atoms with Crippen LogP contribution >= 0.6 is 0 Å². The van der Waals surface area contributed by atoms with Crippen molar-refractivity contribution in [2.24, 2.45) is 5.84 Å². The molecule has 1 aliphatic carbocycles. The monoisotopic (exact) mass is 249 g/mol. The van der Waals surface area contributed by atoms with Crippen molar-refractivity contribution in [3.05, 3.63) is 11.9 Å². The second-order valence-electron chi connectivity index (χ2n) is 5.19. The van der Waals surface area contributed by atoms with E-state index >= 15 is 0 Å². The van der Waals surface area contributed by atoms with E-state index in [0.717, 1.165) is 24.6 Å². The van der Waals surface area contributed by atoms with Crippen LogP contribution in [0.4, 0.5) is 11.6 Å². The molecule has 0 spiro atoms. The first-order valence-electron chi connectivity index (χ1n) is 6.78. The third-order valence-corrected chi connectivity index (χ3v) is 3.14. The maximum atomic E-state index is 5.49. The van der Waals surface area contributed by atoms with Crippen LogP contribution in [0.15, 0.2) is 6.07 Å². The zero-order valence-corrected chi connectivity index (χ0v) is 11.5. The Morgan fingerprint density at radius 3 is 2.67 bits per heavy atom. The van der Waals surface area contributed by atoms with Crippen LogP contribution in [0.25, 0.3) is 0 Å². The molecule has 0 atom stereocenters. The number of rotatable bonds is 6. The largest absolute Gasteiger partial charge is 0.353 e. The average Bonchev–Trinajstić information content (AvgIpc) is 3.19. The van der Waals surface area contributed by atoms with Gasteiger partial charge in [-0.2, -0.15) is 0 Å². The van der Waals surface area contributed by atoms with Crippen LogP contribution in [0.5, 0.6) is 0 Å². The molecule has 1 aliphatic rings. The Balaban J connectivity index is 2.31. The molecule has 18 heavy (non-hydrogen) atoms. The van der Waals surface area contributed by atoms with E-state index in [1.807, 2.05) is 6.07 Å². The van der Waals surface area contributed by atoms with Crippen LogP contribution in [0.2, 0.25) is 0 Å². The fraction of sp³-hybridized carbons (Fsp3) is 0.692. The van der Waals surface area contributed by atoms with Gasteiger partial charge in [-0.05, 0) is 19.3 Å². The van der Waals surface area contributed by atoms with E-state index in [-0.39, 0.29) is 0 Å². The third kappa shape index (κ3) is 2.90. The van der Waals surface area contributed by atoms with Gasteiger partial charge in [0.05, 0.1) is 0 Å². The molecule has 1 heterocycles. The van der Waals surface area contributed by atoms with Gasteiger partial charge in [0.2, 0.25) is 0 Å². The molecular weight excluding hydrogens is 226 g/mol. The van der Waals surface area contributed by atoms with Crippen molar-refractivity contribution in [1.29, 1.82) is 0 Å². The quantitative estimate of drug-likeness (QED) is 0.598. The molecule has 1 aromatic rings. The molecule has 0 saturated heterocycles. The van der Waals surface area contributed by atoms with Crippen molar-refractivity contribution in [2.45, 2.75) is 52.0 Å². The summed E-state index contributed by atoms with van der Waals surface area (Å²) in [6.07, 6.45) is 3.67. The minimum atomic E-state index is 0.305. The fourth-order valence-corrected chi connectivity index (χ4v) is 2.04. The summed E-state index contributed by atoms with van der Waals surface area (Å²) in [6.45, 7) is 7.44. The standard InChI is InChI=1S/C13H23N5/c1-4-7-18(10-5-6-10)12-8-11(17-14)15-13(16-12)9(2)3/h8-10H,4-7,14H2,1-3H3,(H,15,16,17). The Labute approximate surface area is 109 Å². The van der Waals surface area contributed by atoms with Crippen molar-refractivity contribution in [2.75, 3.05) is 16.9 Å². The normalized spacial score (nSPS) is 14.9. The molecule has 0 unspecified atom stereocenters. The third-order valence-electron chi connectivity index (χ3n) is 3.14. The predicted octanol–water partition coefficient (Wildman–Crippen LogP) is 2.26. The Morgan fingerprint density at radius 1 is 1.44 bits per heavy atom. The van der Waals surface area contributed by atoms with Gasteiger partial charge in [0, 0.05) is 24.6 Å². The van der Waals surface area contributed by atoms with E-state index < -0.39 is 0 Å². The lowest BCUT2D eigenvalue weighted by Crippen LogP contribution is -2.28. The second-order valence-corrected chi connectivity index (χ2v) is 5.19. The molecule has 2 rings (SSSR count). The minimum absolute atomic E-state index is 0.305. The lowest BCUT2D eigenvalue weighted by molar-refractivity contribution is 0.723. The fourth-order valence-electron chi connectivity index (χ4n) is 2.04. The number of nitrogens with two attached hydrogens (primary N) is 1. The van der Waals surface area contributed by atoms with Crippen molar-refractivity contribution in [3.8, 4) is 0 Å². The van der Waals surface area contributed by atoms with Crippen molar-refractivity contribution < 1.29 is 0 Å². The average molecular weight is 249 g/mol. The molecule has 5 nitrogen and oxygen atoms in total. The predicted molar refractivity (Wildman–Crippen MR) is 74.6 cm³/mol. The summed E-state index contributed by atoms with van der Waals surface area (Å²) in [4.78, 5) is 11.5. The Morgan fingerprint density at radius 2 is 2.17 bits per heavy atom. The maximum Gasteiger partial charge on any atom is 0.145 e. The van der Waals surface area contributed by atoms with Gasteiger partial charge in [-0.15, -0.1) is 0 Å². The number of nitrogens with zero attached hydrogens (tertiary/aromatic N) is 3. The van der Waals surface area contributed by atoms with Crippen LogP contribution < -0.4 is 16.2 Å². The summed E-state index contributed by atoms with van der Waals surface area (Å²) in [5, 5.41) is 0. The lowest BCUT2D eigenvalue weighted by atomic mass is 10.2. The molecule has 0 aliphatic heterocycles. The number of aromatic nitrogens is 2. The topological polar surface area (TPSA) is 67.1 Å². The van der Waals surface area contributed by atoms with Crippen LogP contribution in [0, 0.1) is 0 Å². The van der Waals surface area contributed by atoms with Crippen LogP contribution in [-0.4, -0.2) is 22.6 Å². The number of nitrogens with one attached hydrogen (secondary N) is 1. The van der Waals surface area contributed by atoms with Crippen molar-refractivity contribution >= 4 is 11.6 Å². The highest BCUT2D eigenvalue weighted by Gasteiger charge is 2.30. The van der Waals surface area contributed by atoms with Gasteiger partial charge in [-0.25, -0.2) is 15.8 Å². The molecule has 1 aromatic heterocycles. The van der Waals surface area contributed by atoms with Gasteiger partial charge in [0.1, 0.15) is 17.5 Å². The molecule has 5 heteroatoms. The first-order chi connectivity index (χ1) is 8.65. The number of hydrazine groups is 1. The Bertz CT molecular complexity index is 400. The Hall–Kier alpha value is -1.36. The van der Waals surface area contributed by atoms with Crippen LogP contribution in [-0.2, 0) is 0 Å². The second kappa shape index (κ2) is 5.52. The molecule has 0 amide bonds. The molecule has 1 fully saturated rings. The summed E-state index contributed by atoms with van der Waals surface area (Å²) in [7, 11) is 0. The minimum Gasteiger partial charge on any atom is -0.353 e. The summed E-state index contributed by atoms with van der Waals surface area (Å²) < 4.78 is 0. The number of anilines is 2. The summed E-state index contributed by atoms with van der Waals surface area (Å²) in [6, 6.07) is 2.60. The number of hydrogen-bond acceptors (Lipinski definition) is 5. The van der Waals surface area contributed by atoms with Gasteiger partial charge in [0.15, 0.2) is 0 Å². The van der Waals surface area contributed by atoms with E-state index in [1.54, 1.807) is 0 Å². The SMILES string of the molecule is CCCN(c1cc(NN)nc(C(C)C)n1)C1CC1. The van der Waals surface area contributed by atoms with Gasteiger partial charge in [-0.3, -0.25) is 0 Å². The zero-order valence-electron chi connectivity index (χ0n) is 11.5. The maximum absolute atomic E-state index is 5.49. The van der Waals surface area contributed by atoms with Gasteiger partial charge < -0.3 is 10.3 Å². The van der Waals surface area contributed by atoms with E-state index in [1.165, 1.54) is 12.8 Å². The Kier molecular flexibility index (Phi) is 4.01. The van der Waals surface area contributed by atoms with E-state index in [0.29, 0.717) is 17.8 Å². The van der Waals surface area contributed by atoms with Gasteiger partial charge in [-0.1, -0.05) is 20.8 Å². The molecule has 0 radical (unpaired) electrons. The molecule has 100 valence electrons. The van der Waals surface area contributed by atoms with Crippen molar-refractivity contribution in [3.63, 3.8) is 0 Å². The smallest absolute Gasteiger partial charge is 0.145 e. The molecule has 0 bridgehead atoms. The highest BCUT2D eigenvalue weighted by molar-refractivity contribution is 5.50.